The Balaban J connectivity index is 1.59. The van der Waals surface area contributed by atoms with Crippen molar-refractivity contribution in [1.82, 2.24) is 4.90 Å². The minimum Gasteiger partial charge on any atom is -0.388 e. The first-order valence-corrected chi connectivity index (χ1v) is 7.42. The van der Waals surface area contributed by atoms with Crippen molar-refractivity contribution in [2.45, 2.75) is 37.2 Å². The number of hydrogen-bond donors (Lipinski definition) is 2. The molecule has 1 saturated carbocycles. The van der Waals surface area contributed by atoms with Gasteiger partial charge in [-0.3, -0.25) is 4.79 Å². The van der Waals surface area contributed by atoms with Gasteiger partial charge >= 0.3 is 0 Å². The molecule has 108 valence electrons. The molecule has 2 fully saturated rings. The molecule has 0 radical (unpaired) electrons. The second-order valence-electron chi connectivity index (χ2n) is 5.97. The van der Waals surface area contributed by atoms with Gasteiger partial charge in [0.05, 0.1) is 0 Å². The average Bonchev–Trinajstić information content (AvgIpc) is 3.26. The Morgan fingerprint density at radius 3 is 2.35 bits per heavy atom. The largest absolute Gasteiger partial charge is 0.388 e. The monoisotopic (exact) mass is 274 g/mol. The van der Waals surface area contributed by atoms with Crippen LogP contribution in [0.5, 0.6) is 0 Å². The topological polar surface area (TPSA) is 52.6 Å². The number of piperidine rings is 1. The summed E-state index contributed by atoms with van der Waals surface area (Å²) < 4.78 is 0. The third-order valence-corrected chi connectivity index (χ3v) is 4.57. The Labute approximate surface area is 119 Å². The molecule has 1 aromatic rings. The normalized spacial score (nSPS) is 21.6. The summed E-state index contributed by atoms with van der Waals surface area (Å²) in [6, 6.07) is 8.53. The maximum Gasteiger partial charge on any atom is 0.254 e. The van der Waals surface area contributed by atoms with Crippen molar-refractivity contribution in [3.8, 4) is 0 Å². The van der Waals surface area contributed by atoms with E-state index >= 15 is 0 Å². The van der Waals surface area contributed by atoms with E-state index < -0.39 is 5.60 Å². The van der Waals surface area contributed by atoms with Crippen molar-refractivity contribution in [3.63, 3.8) is 0 Å². The third-order valence-electron chi connectivity index (χ3n) is 4.57. The molecule has 1 amide bonds. The number of anilines is 1. The van der Waals surface area contributed by atoms with Gasteiger partial charge < -0.3 is 15.3 Å². The second kappa shape index (κ2) is 5.09. The molecule has 4 heteroatoms. The first-order valence-electron chi connectivity index (χ1n) is 7.42. The van der Waals surface area contributed by atoms with Crippen LogP contribution in [0.25, 0.3) is 0 Å². The Kier molecular flexibility index (Phi) is 3.42. The van der Waals surface area contributed by atoms with E-state index in [1.54, 1.807) is 0 Å². The van der Waals surface area contributed by atoms with Gasteiger partial charge in [-0.05, 0) is 49.3 Å². The minimum absolute atomic E-state index is 0.0542. The van der Waals surface area contributed by atoms with Crippen LogP contribution < -0.4 is 5.32 Å². The number of amides is 1. The minimum atomic E-state index is -1.01. The van der Waals surface area contributed by atoms with Gasteiger partial charge in [0, 0.05) is 25.8 Å². The number of benzene rings is 1. The molecule has 1 heterocycles. The summed E-state index contributed by atoms with van der Waals surface area (Å²) in [6.07, 6.45) is 3.25. The van der Waals surface area contributed by atoms with Crippen molar-refractivity contribution < 1.29 is 9.90 Å². The van der Waals surface area contributed by atoms with Crippen LogP contribution in [0.4, 0.5) is 5.69 Å². The average molecular weight is 274 g/mol. The molecule has 0 aromatic heterocycles. The highest BCUT2D eigenvalue weighted by molar-refractivity contribution is 5.87. The second-order valence-corrected chi connectivity index (χ2v) is 5.97. The molecule has 0 unspecified atom stereocenters. The lowest BCUT2D eigenvalue weighted by atomic mass is 9.89. The maximum atomic E-state index is 12.1. The number of carbonyl (C=O) groups is 1. The van der Waals surface area contributed by atoms with Crippen LogP contribution >= 0.6 is 0 Å². The molecule has 2 aliphatic rings. The lowest BCUT2D eigenvalue weighted by Gasteiger charge is -2.33. The van der Waals surface area contributed by atoms with E-state index in [4.69, 9.17) is 0 Å². The molecule has 1 aliphatic heterocycles. The molecule has 3 rings (SSSR count). The zero-order chi connectivity index (χ0) is 14.2. The number of hydrogen-bond acceptors (Lipinski definition) is 3. The maximum absolute atomic E-state index is 12.1. The molecule has 0 spiro atoms. The Bertz CT molecular complexity index is 486. The zero-order valence-electron chi connectivity index (χ0n) is 11.9. The summed E-state index contributed by atoms with van der Waals surface area (Å²) in [6.45, 7) is 1.53. The summed E-state index contributed by atoms with van der Waals surface area (Å²) >= 11 is 0. The number of nitrogens with zero attached hydrogens (tertiary/aromatic N) is 1. The fourth-order valence-electron chi connectivity index (χ4n) is 2.96. The lowest BCUT2D eigenvalue weighted by molar-refractivity contribution is -0.143. The highest BCUT2D eigenvalue weighted by Gasteiger charge is 2.50. The Morgan fingerprint density at radius 2 is 1.85 bits per heavy atom. The fraction of sp³-hybridized carbons (Fsp3) is 0.562. The van der Waals surface area contributed by atoms with Crippen LogP contribution in [-0.2, 0) is 4.79 Å². The van der Waals surface area contributed by atoms with Gasteiger partial charge in [-0.1, -0.05) is 12.1 Å². The highest BCUT2D eigenvalue weighted by atomic mass is 16.3. The van der Waals surface area contributed by atoms with E-state index in [-0.39, 0.29) is 5.91 Å². The number of aliphatic hydroxyl groups is 1. The highest BCUT2D eigenvalue weighted by Crippen LogP contribution is 2.38. The van der Waals surface area contributed by atoms with E-state index in [1.165, 1.54) is 5.56 Å². The van der Waals surface area contributed by atoms with E-state index in [0.29, 0.717) is 18.8 Å². The van der Waals surface area contributed by atoms with Crippen LogP contribution in [0.3, 0.4) is 0 Å². The number of nitrogens with one attached hydrogen (secondary N) is 1. The first kappa shape index (κ1) is 13.4. The van der Waals surface area contributed by atoms with Gasteiger partial charge in [-0.25, -0.2) is 0 Å². The summed E-state index contributed by atoms with van der Waals surface area (Å²) in [5, 5.41) is 13.0. The summed E-state index contributed by atoms with van der Waals surface area (Å²) in [4.78, 5) is 13.9. The van der Waals surface area contributed by atoms with E-state index in [1.807, 2.05) is 11.9 Å². The van der Waals surface area contributed by atoms with Crippen molar-refractivity contribution in [3.05, 3.63) is 29.8 Å². The lowest BCUT2D eigenvalue weighted by Crippen LogP contribution is -2.44. The molecule has 4 nitrogen and oxygen atoms in total. The molecule has 2 N–H and O–H groups in total. The van der Waals surface area contributed by atoms with Crippen LogP contribution in [-0.4, -0.2) is 41.7 Å². The van der Waals surface area contributed by atoms with Crippen LogP contribution in [0, 0.1) is 0 Å². The smallest absolute Gasteiger partial charge is 0.254 e. The van der Waals surface area contributed by atoms with E-state index in [2.05, 4.69) is 29.6 Å². The Morgan fingerprint density at radius 1 is 1.25 bits per heavy atom. The van der Waals surface area contributed by atoms with Gasteiger partial charge in [-0.2, -0.15) is 0 Å². The van der Waals surface area contributed by atoms with Gasteiger partial charge in [-0.15, -0.1) is 0 Å². The third kappa shape index (κ3) is 2.52. The van der Waals surface area contributed by atoms with E-state index in [0.717, 1.165) is 31.6 Å². The van der Waals surface area contributed by atoms with E-state index in [9.17, 15) is 9.90 Å². The van der Waals surface area contributed by atoms with Crippen LogP contribution in [0.1, 0.15) is 37.2 Å². The number of carbonyl (C=O) groups excluding carboxylic acids is 1. The SMILES string of the molecule is CNc1ccc(C2CCN(C(=O)C3(O)CC3)CC2)cc1. The zero-order valence-corrected chi connectivity index (χ0v) is 11.9. The predicted molar refractivity (Wildman–Crippen MR) is 78.7 cm³/mol. The number of likely N-dealkylation sites (tertiary alicyclic amines) is 1. The van der Waals surface area contributed by atoms with Crippen molar-refractivity contribution >= 4 is 11.6 Å². The summed E-state index contributed by atoms with van der Waals surface area (Å²) in [5.41, 5.74) is 1.46. The molecule has 1 aliphatic carbocycles. The van der Waals surface area contributed by atoms with Gasteiger partial charge in [0.2, 0.25) is 0 Å². The molecule has 0 atom stereocenters. The van der Waals surface area contributed by atoms with Crippen molar-refractivity contribution in [2.24, 2.45) is 0 Å². The molecule has 20 heavy (non-hydrogen) atoms. The summed E-state index contributed by atoms with van der Waals surface area (Å²) in [7, 11) is 1.92. The molecule has 1 aromatic carbocycles. The van der Waals surface area contributed by atoms with Crippen LogP contribution in [0.2, 0.25) is 0 Å². The number of rotatable bonds is 3. The molecular weight excluding hydrogens is 252 g/mol. The molecular formula is C16H22N2O2. The predicted octanol–water partition coefficient (Wildman–Crippen LogP) is 1.96. The van der Waals surface area contributed by atoms with Crippen LogP contribution in [0.15, 0.2) is 24.3 Å². The molecule has 0 bridgehead atoms. The van der Waals surface area contributed by atoms with Gasteiger partial charge in [0.1, 0.15) is 5.60 Å². The van der Waals surface area contributed by atoms with Crippen molar-refractivity contribution in [2.75, 3.05) is 25.5 Å². The molecule has 1 saturated heterocycles. The van der Waals surface area contributed by atoms with Crippen molar-refractivity contribution in [1.29, 1.82) is 0 Å². The van der Waals surface area contributed by atoms with Gasteiger partial charge in [0.15, 0.2) is 0 Å². The fourth-order valence-corrected chi connectivity index (χ4v) is 2.96. The quantitative estimate of drug-likeness (QED) is 0.886. The standard InChI is InChI=1S/C16H22N2O2/c1-17-14-4-2-12(3-5-14)13-6-10-18(11-7-13)15(19)16(20)8-9-16/h2-5,13,17,20H,6-11H2,1H3. The summed E-state index contributed by atoms with van der Waals surface area (Å²) in [5.74, 6) is 0.472. The Hall–Kier alpha value is -1.55. The van der Waals surface area contributed by atoms with Gasteiger partial charge in [0.25, 0.3) is 5.91 Å². The first-order chi connectivity index (χ1) is 9.62.